The van der Waals surface area contributed by atoms with Crippen LogP contribution in [0.3, 0.4) is 0 Å². The van der Waals surface area contributed by atoms with E-state index in [1.807, 2.05) is 49.5 Å². The smallest absolute Gasteiger partial charge is 0.245 e. The molecule has 2 aromatic heterocycles. The van der Waals surface area contributed by atoms with Crippen LogP contribution in [0.5, 0.6) is 0 Å². The number of benzene rings is 2. The molecular weight excluding hydrogens is 616 g/mol. The van der Waals surface area contributed by atoms with E-state index in [0.717, 1.165) is 34.0 Å². The molecule has 42 heavy (non-hydrogen) atoms. The van der Waals surface area contributed by atoms with Crippen molar-refractivity contribution in [3.63, 3.8) is 0 Å². The lowest BCUT2D eigenvalue weighted by atomic mass is 10.2. The van der Waals surface area contributed by atoms with Crippen LogP contribution in [0.2, 0.25) is 0 Å². The van der Waals surface area contributed by atoms with Crippen LogP contribution in [-0.4, -0.2) is 65.9 Å². The highest BCUT2D eigenvalue weighted by Crippen LogP contribution is 2.25. The lowest BCUT2D eigenvalue weighted by molar-refractivity contribution is -0.132. The Kier molecular flexibility index (Phi) is 11.7. The average Bonchev–Trinajstić information content (AvgIpc) is 3.43. The Balaban J connectivity index is 1.58. The zero-order valence-electron chi connectivity index (χ0n) is 24.3. The summed E-state index contributed by atoms with van der Waals surface area (Å²) in [5.74, 6) is -0.229. The number of amides is 1. The zero-order chi connectivity index (χ0) is 30.0. The fraction of sp³-hybridized carbons (Fsp3) is 0.375. The van der Waals surface area contributed by atoms with Crippen molar-refractivity contribution in [1.29, 1.82) is 0 Å². The van der Waals surface area contributed by atoms with Crippen LogP contribution < -0.4 is 0 Å². The number of ether oxygens (including phenoxy) is 1. The molecule has 4 rings (SSSR count). The summed E-state index contributed by atoms with van der Waals surface area (Å²) in [6.45, 7) is 6.46. The van der Waals surface area contributed by atoms with Gasteiger partial charge >= 0.3 is 0 Å². The minimum Gasteiger partial charge on any atom is -0.382 e. The van der Waals surface area contributed by atoms with Crippen molar-refractivity contribution in [2.45, 2.75) is 51.1 Å². The van der Waals surface area contributed by atoms with Gasteiger partial charge in [0.25, 0.3) is 0 Å². The maximum absolute atomic E-state index is 14.0. The first-order valence-corrected chi connectivity index (χ1v) is 16.6. The maximum Gasteiger partial charge on any atom is 0.245 e. The molecule has 0 aliphatic rings. The largest absolute Gasteiger partial charge is 0.382 e. The highest BCUT2D eigenvalue weighted by atomic mass is 79.9. The Morgan fingerprint density at radius 2 is 1.76 bits per heavy atom. The van der Waals surface area contributed by atoms with E-state index in [0.29, 0.717) is 44.8 Å². The Bertz CT molecular complexity index is 1550. The first kappa shape index (κ1) is 31.9. The van der Waals surface area contributed by atoms with Crippen molar-refractivity contribution >= 4 is 42.8 Å². The summed E-state index contributed by atoms with van der Waals surface area (Å²) in [4.78, 5) is 20.1. The molecule has 0 bridgehead atoms. The summed E-state index contributed by atoms with van der Waals surface area (Å²) in [6, 6.07) is 20.9. The predicted molar refractivity (Wildman–Crippen MR) is 170 cm³/mol. The van der Waals surface area contributed by atoms with Crippen LogP contribution >= 0.6 is 15.9 Å². The van der Waals surface area contributed by atoms with E-state index < -0.39 is 10.0 Å². The van der Waals surface area contributed by atoms with Crippen LogP contribution in [0.15, 0.2) is 88.5 Å². The zero-order valence-corrected chi connectivity index (χ0v) is 26.7. The number of para-hydroxylation sites is 1. The third kappa shape index (κ3) is 8.28. The molecule has 0 radical (unpaired) electrons. The fourth-order valence-electron chi connectivity index (χ4n) is 4.82. The van der Waals surface area contributed by atoms with Gasteiger partial charge in [-0.25, -0.2) is 8.42 Å². The highest BCUT2D eigenvalue weighted by molar-refractivity contribution is 9.10. The molecule has 1 amide bonds. The molecule has 0 spiro atoms. The average molecular weight is 656 g/mol. The number of sulfonamides is 1. The maximum atomic E-state index is 14.0. The van der Waals surface area contributed by atoms with Crippen LogP contribution in [-0.2, 0) is 32.6 Å². The first-order chi connectivity index (χ1) is 20.3. The molecule has 0 N–H and O–H groups in total. The molecule has 0 fully saturated rings. The van der Waals surface area contributed by atoms with E-state index >= 15 is 0 Å². The second-order valence-electron chi connectivity index (χ2n) is 10.1. The van der Waals surface area contributed by atoms with Gasteiger partial charge in [0.05, 0.1) is 18.6 Å². The second-order valence-corrected chi connectivity index (χ2v) is 13.0. The Labute approximate surface area is 257 Å². The molecule has 0 saturated heterocycles. The molecule has 0 aliphatic carbocycles. The van der Waals surface area contributed by atoms with E-state index in [-0.39, 0.29) is 23.9 Å². The molecule has 2 heterocycles. The van der Waals surface area contributed by atoms with Gasteiger partial charge in [-0.15, -0.1) is 0 Å². The van der Waals surface area contributed by atoms with E-state index in [1.54, 1.807) is 29.3 Å². The molecule has 2 aromatic carbocycles. The third-order valence-corrected chi connectivity index (χ3v) is 9.51. The minimum absolute atomic E-state index is 0.105. The van der Waals surface area contributed by atoms with Gasteiger partial charge in [0.2, 0.25) is 15.9 Å². The summed E-state index contributed by atoms with van der Waals surface area (Å²) < 4.78 is 38.0. The van der Waals surface area contributed by atoms with Crippen LogP contribution in [0.4, 0.5) is 0 Å². The number of pyridine rings is 1. The molecule has 8 nitrogen and oxygen atoms in total. The van der Waals surface area contributed by atoms with Crippen molar-refractivity contribution in [3.8, 4) is 0 Å². The summed E-state index contributed by atoms with van der Waals surface area (Å²) >= 11 is 3.49. The summed E-state index contributed by atoms with van der Waals surface area (Å²) in [7, 11) is -4.02. The number of aromatic nitrogens is 2. The molecule has 10 heteroatoms. The highest BCUT2D eigenvalue weighted by Gasteiger charge is 2.30. The van der Waals surface area contributed by atoms with Gasteiger partial charge in [-0.1, -0.05) is 59.6 Å². The summed E-state index contributed by atoms with van der Waals surface area (Å²) in [6.07, 6.45) is 5.81. The van der Waals surface area contributed by atoms with Crippen molar-refractivity contribution in [2.24, 2.45) is 0 Å². The Hall–Kier alpha value is -3.05. The quantitative estimate of drug-likeness (QED) is 0.136. The predicted octanol–water partition coefficient (Wildman–Crippen LogP) is 6.09. The first-order valence-electron chi connectivity index (χ1n) is 14.4. The monoisotopic (exact) mass is 654 g/mol. The topological polar surface area (TPSA) is 84.7 Å². The van der Waals surface area contributed by atoms with Gasteiger partial charge in [-0.05, 0) is 61.7 Å². The number of hydrogen-bond donors (Lipinski definition) is 0. The number of halogens is 1. The van der Waals surface area contributed by atoms with Gasteiger partial charge in [0.1, 0.15) is 4.90 Å². The Morgan fingerprint density at radius 3 is 2.52 bits per heavy atom. The van der Waals surface area contributed by atoms with Gasteiger partial charge in [0, 0.05) is 60.8 Å². The van der Waals surface area contributed by atoms with Crippen molar-refractivity contribution in [2.75, 3.05) is 32.8 Å². The lowest BCUT2D eigenvalue weighted by Gasteiger charge is -2.28. The number of nitrogens with zero attached hydrogens (tertiary/aromatic N) is 4. The van der Waals surface area contributed by atoms with E-state index in [1.165, 1.54) is 4.31 Å². The fourth-order valence-corrected chi connectivity index (χ4v) is 6.67. The van der Waals surface area contributed by atoms with E-state index in [4.69, 9.17) is 4.74 Å². The molecular formula is C32H39BrN4O4S. The van der Waals surface area contributed by atoms with Crippen molar-refractivity contribution in [3.05, 3.63) is 94.9 Å². The van der Waals surface area contributed by atoms with Crippen molar-refractivity contribution in [1.82, 2.24) is 18.8 Å². The number of fused-ring (bicyclic) bond motifs is 1. The number of unbranched alkanes of at least 4 members (excludes halogenated alkanes) is 1. The summed E-state index contributed by atoms with van der Waals surface area (Å²) in [5, 5.41) is 0.732. The SMILES string of the molecule is CCCCN(Cc1cccn1Cc1ccc(Br)cc1)C(=O)CN(CCCOCC)S(=O)(=O)c1cccc2cccnc12. The van der Waals surface area contributed by atoms with E-state index in [2.05, 4.69) is 44.5 Å². The van der Waals surface area contributed by atoms with E-state index in [9.17, 15) is 13.2 Å². The second kappa shape index (κ2) is 15.4. The number of carbonyl (C=O) groups is 1. The minimum atomic E-state index is -4.02. The van der Waals surface area contributed by atoms with Crippen LogP contribution in [0, 0.1) is 0 Å². The van der Waals surface area contributed by atoms with Gasteiger partial charge in [0.15, 0.2) is 0 Å². The van der Waals surface area contributed by atoms with Crippen LogP contribution in [0.1, 0.15) is 44.4 Å². The lowest BCUT2D eigenvalue weighted by Crippen LogP contribution is -2.43. The molecule has 0 atom stereocenters. The molecule has 224 valence electrons. The molecule has 4 aromatic rings. The number of hydrogen-bond acceptors (Lipinski definition) is 5. The van der Waals surface area contributed by atoms with Crippen molar-refractivity contribution < 1.29 is 17.9 Å². The Morgan fingerprint density at radius 1 is 0.976 bits per heavy atom. The van der Waals surface area contributed by atoms with Gasteiger partial charge in [-0.3, -0.25) is 9.78 Å². The van der Waals surface area contributed by atoms with Gasteiger partial charge < -0.3 is 14.2 Å². The number of rotatable bonds is 16. The normalized spacial score (nSPS) is 11.8. The number of carbonyl (C=O) groups excluding carboxylic acids is 1. The molecule has 0 saturated carbocycles. The standard InChI is InChI=1S/C32H39BrN4O4S/c1-3-5-19-36(24-29-12-8-20-35(29)23-26-14-16-28(33)17-15-26)31(38)25-37(21-9-22-41-4-2)42(39,40)30-13-6-10-27-11-7-18-34-32(27)30/h6-8,10-18,20H,3-5,9,19,21-25H2,1-2H3. The van der Waals surface area contributed by atoms with Gasteiger partial charge in [-0.2, -0.15) is 4.31 Å². The molecule has 0 unspecified atom stereocenters. The summed E-state index contributed by atoms with van der Waals surface area (Å²) in [5.41, 5.74) is 2.54. The third-order valence-electron chi connectivity index (χ3n) is 7.10. The van der Waals surface area contributed by atoms with Crippen LogP contribution in [0.25, 0.3) is 10.9 Å². The molecule has 0 aliphatic heterocycles.